The fraction of sp³-hybridized carbons (Fsp3) is 0.333. The average molecular weight is 242 g/mol. The van der Waals surface area contributed by atoms with Gasteiger partial charge in [0.05, 0.1) is 6.61 Å². The normalized spacial score (nSPS) is 19.2. The molecule has 1 atom stereocenters. The van der Waals surface area contributed by atoms with Crippen LogP contribution in [0.25, 0.3) is 0 Å². The van der Waals surface area contributed by atoms with Gasteiger partial charge in [-0.15, -0.1) is 12.4 Å². The van der Waals surface area contributed by atoms with Gasteiger partial charge in [-0.25, -0.2) is 4.39 Å². The summed E-state index contributed by atoms with van der Waals surface area (Å²) in [6, 6.07) is 6.14. The summed E-state index contributed by atoms with van der Waals surface area (Å²) in [4.78, 5) is 0. The molecule has 1 aliphatic heterocycles. The van der Waals surface area contributed by atoms with E-state index in [-0.39, 0.29) is 24.3 Å². The molecule has 0 spiro atoms. The van der Waals surface area contributed by atoms with Crippen molar-refractivity contribution in [3.63, 3.8) is 0 Å². The lowest BCUT2D eigenvalue weighted by molar-refractivity contribution is 0.0651. The minimum absolute atomic E-state index is 0. The molecule has 1 saturated heterocycles. The predicted molar refractivity (Wildman–Crippen MR) is 63.1 cm³/mol. The standard InChI is InChI=1S/C12H12FNO.ClH/c13-11-4-1-10(2-5-11)3-6-12-9-14-7-8-15-12;/h1-2,4-5,12,14H,7-9H2;1H. The Morgan fingerprint density at radius 2 is 2.06 bits per heavy atom. The second-order valence-electron chi connectivity index (χ2n) is 3.34. The van der Waals surface area contributed by atoms with E-state index in [2.05, 4.69) is 17.2 Å². The molecule has 4 heteroatoms. The zero-order valence-electron chi connectivity index (χ0n) is 8.70. The van der Waals surface area contributed by atoms with Gasteiger partial charge in [0.2, 0.25) is 0 Å². The van der Waals surface area contributed by atoms with Crippen LogP contribution in [0.1, 0.15) is 5.56 Å². The first-order valence-electron chi connectivity index (χ1n) is 4.94. The molecule has 1 aromatic carbocycles. The van der Waals surface area contributed by atoms with Crippen molar-refractivity contribution in [1.29, 1.82) is 0 Å². The Balaban J connectivity index is 0.00000128. The molecule has 0 bridgehead atoms. The molecule has 1 aromatic rings. The molecule has 86 valence electrons. The molecule has 1 N–H and O–H groups in total. The zero-order chi connectivity index (χ0) is 10.5. The summed E-state index contributed by atoms with van der Waals surface area (Å²) >= 11 is 0. The third kappa shape index (κ3) is 3.82. The van der Waals surface area contributed by atoms with Crippen molar-refractivity contribution in [1.82, 2.24) is 5.32 Å². The van der Waals surface area contributed by atoms with Crippen molar-refractivity contribution in [3.8, 4) is 11.8 Å². The van der Waals surface area contributed by atoms with E-state index < -0.39 is 0 Å². The number of halogens is 2. The van der Waals surface area contributed by atoms with Gasteiger partial charge < -0.3 is 10.1 Å². The van der Waals surface area contributed by atoms with Crippen LogP contribution < -0.4 is 5.32 Å². The first kappa shape index (κ1) is 13.0. The van der Waals surface area contributed by atoms with Crippen LogP contribution in [0, 0.1) is 17.7 Å². The van der Waals surface area contributed by atoms with Gasteiger partial charge in [0.15, 0.2) is 0 Å². The summed E-state index contributed by atoms with van der Waals surface area (Å²) < 4.78 is 18.0. The fourth-order valence-corrected chi connectivity index (χ4v) is 1.36. The van der Waals surface area contributed by atoms with Gasteiger partial charge >= 0.3 is 0 Å². The molecule has 16 heavy (non-hydrogen) atoms. The van der Waals surface area contributed by atoms with Gasteiger partial charge in [-0.3, -0.25) is 0 Å². The highest BCUT2D eigenvalue weighted by atomic mass is 35.5. The molecule has 0 aromatic heterocycles. The van der Waals surface area contributed by atoms with E-state index in [0.717, 1.165) is 18.7 Å². The van der Waals surface area contributed by atoms with Crippen molar-refractivity contribution >= 4 is 12.4 Å². The molecule has 0 amide bonds. The summed E-state index contributed by atoms with van der Waals surface area (Å²) in [5.74, 6) is 5.72. The molecule has 0 saturated carbocycles. The SMILES string of the molecule is Cl.Fc1ccc(C#CC2CNCCO2)cc1. The van der Waals surface area contributed by atoms with Crippen LogP contribution in [0.5, 0.6) is 0 Å². The van der Waals surface area contributed by atoms with Crippen LogP contribution in [0.15, 0.2) is 24.3 Å². The number of ether oxygens (including phenoxy) is 1. The van der Waals surface area contributed by atoms with E-state index >= 15 is 0 Å². The molecule has 0 aliphatic carbocycles. The van der Waals surface area contributed by atoms with E-state index in [4.69, 9.17) is 4.74 Å². The monoisotopic (exact) mass is 241 g/mol. The molecule has 2 rings (SSSR count). The van der Waals surface area contributed by atoms with Crippen LogP contribution in [-0.4, -0.2) is 25.8 Å². The zero-order valence-corrected chi connectivity index (χ0v) is 9.52. The van der Waals surface area contributed by atoms with Gasteiger partial charge in [0.25, 0.3) is 0 Å². The summed E-state index contributed by atoms with van der Waals surface area (Å²) in [6.45, 7) is 2.34. The maximum absolute atomic E-state index is 12.6. The Bertz CT molecular complexity index is 376. The quantitative estimate of drug-likeness (QED) is 0.697. The minimum Gasteiger partial charge on any atom is -0.363 e. The van der Waals surface area contributed by atoms with Crippen LogP contribution >= 0.6 is 12.4 Å². The Morgan fingerprint density at radius 3 is 2.69 bits per heavy atom. The number of hydrogen-bond donors (Lipinski definition) is 1. The number of morpholine rings is 1. The van der Waals surface area contributed by atoms with E-state index in [0.29, 0.717) is 6.61 Å². The number of benzene rings is 1. The van der Waals surface area contributed by atoms with Crippen LogP contribution in [0.2, 0.25) is 0 Å². The molecule has 1 aliphatic rings. The van der Waals surface area contributed by atoms with Gasteiger partial charge in [-0.2, -0.15) is 0 Å². The highest BCUT2D eigenvalue weighted by molar-refractivity contribution is 5.85. The summed E-state index contributed by atoms with van der Waals surface area (Å²) in [5, 5.41) is 3.19. The lowest BCUT2D eigenvalue weighted by Gasteiger charge is -2.18. The van der Waals surface area contributed by atoms with E-state index in [1.54, 1.807) is 12.1 Å². The third-order valence-electron chi connectivity index (χ3n) is 2.15. The maximum atomic E-state index is 12.6. The molecule has 1 fully saturated rings. The molecule has 1 heterocycles. The first-order chi connectivity index (χ1) is 7.34. The Morgan fingerprint density at radius 1 is 1.31 bits per heavy atom. The van der Waals surface area contributed by atoms with Crippen molar-refractivity contribution in [3.05, 3.63) is 35.6 Å². The van der Waals surface area contributed by atoms with Crippen molar-refractivity contribution in [2.45, 2.75) is 6.10 Å². The van der Waals surface area contributed by atoms with E-state index in [1.165, 1.54) is 12.1 Å². The Labute approximate surface area is 101 Å². The first-order valence-corrected chi connectivity index (χ1v) is 4.94. The van der Waals surface area contributed by atoms with Crippen LogP contribution in [0.3, 0.4) is 0 Å². The largest absolute Gasteiger partial charge is 0.363 e. The van der Waals surface area contributed by atoms with E-state index in [1.807, 2.05) is 0 Å². The topological polar surface area (TPSA) is 21.3 Å². The number of nitrogens with one attached hydrogen (secondary N) is 1. The van der Waals surface area contributed by atoms with Gasteiger partial charge in [-0.1, -0.05) is 11.8 Å². The molecular weight excluding hydrogens is 229 g/mol. The Kier molecular flexibility index (Phi) is 5.27. The van der Waals surface area contributed by atoms with Crippen LogP contribution in [-0.2, 0) is 4.74 Å². The average Bonchev–Trinajstić information content (AvgIpc) is 2.30. The molecule has 2 nitrogen and oxygen atoms in total. The number of rotatable bonds is 0. The van der Waals surface area contributed by atoms with E-state index in [9.17, 15) is 4.39 Å². The van der Waals surface area contributed by atoms with Crippen molar-refractivity contribution < 1.29 is 9.13 Å². The highest BCUT2D eigenvalue weighted by Gasteiger charge is 2.08. The maximum Gasteiger partial charge on any atom is 0.131 e. The van der Waals surface area contributed by atoms with Gasteiger partial charge in [-0.05, 0) is 24.3 Å². The van der Waals surface area contributed by atoms with Gasteiger partial charge in [0.1, 0.15) is 11.9 Å². The lowest BCUT2D eigenvalue weighted by atomic mass is 10.2. The third-order valence-corrected chi connectivity index (χ3v) is 2.15. The van der Waals surface area contributed by atoms with Crippen molar-refractivity contribution in [2.75, 3.05) is 19.7 Å². The van der Waals surface area contributed by atoms with Crippen molar-refractivity contribution in [2.24, 2.45) is 0 Å². The molecule has 1 unspecified atom stereocenters. The summed E-state index contributed by atoms with van der Waals surface area (Å²) in [7, 11) is 0. The highest BCUT2D eigenvalue weighted by Crippen LogP contribution is 2.01. The molecule has 0 radical (unpaired) electrons. The minimum atomic E-state index is -0.240. The second-order valence-corrected chi connectivity index (χ2v) is 3.34. The van der Waals surface area contributed by atoms with Crippen LogP contribution in [0.4, 0.5) is 4.39 Å². The second kappa shape index (κ2) is 6.49. The summed E-state index contributed by atoms with van der Waals surface area (Å²) in [6.07, 6.45) is -0.0520. The lowest BCUT2D eigenvalue weighted by Crippen LogP contribution is -2.37. The smallest absolute Gasteiger partial charge is 0.131 e. The Hall–Kier alpha value is -1.08. The fourth-order valence-electron chi connectivity index (χ4n) is 1.36. The summed E-state index contributed by atoms with van der Waals surface area (Å²) in [5.41, 5.74) is 0.811. The van der Waals surface area contributed by atoms with Gasteiger partial charge in [0, 0.05) is 18.7 Å². The predicted octanol–water partition coefficient (Wildman–Crippen LogP) is 1.59. The molecular formula is C12H13ClFNO. The number of hydrogen-bond acceptors (Lipinski definition) is 2.